The summed E-state index contributed by atoms with van der Waals surface area (Å²) in [5, 5.41) is 6.99. The fraction of sp³-hybridized carbons (Fsp3) is 0.136. The van der Waals surface area contributed by atoms with Crippen LogP contribution in [0.2, 0.25) is 0 Å². The molecule has 12 aromatic rings. The third-order valence-electron chi connectivity index (χ3n) is 13.8. The van der Waals surface area contributed by atoms with Crippen LogP contribution in [0.1, 0.15) is 61.8 Å². The SMILES string of the molecule is CC(C)c1cc(-c2ccccc2)cc(C(C)C)c1-c1cc(-c2[c-]cc(F)cc2F)nc(-c2[c-]cc(F)cc2F)c1.Cc1cnc(-c2[c-]c(-n3[c-][n+](C)cc3)cc3c2oc2cc4ccc5ccccc5c4cc23)cc1C.[Ir]. The zero-order valence-electron chi connectivity index (χ0n) is 42.7. The van der Waals surface area contributed by atoms with Crippen molar-refractivity contribution in [1.82, 2.24) is 14.5 Å². The van der Waals surface area contributed by atoms with Crippen LogP contribution in [0.4, 0.5) is 17.6 Å². The van der Waals surface area contributed by atoms with E-state index in [0.29, 0.717) is 5.56 Å². The molecule has 5 nitrogen and oxygen atoms in total. The second-order valence-corrected chi connectivity index (χ2v) is 19.7. The smallest absolute Gasteiger partial charge is 0.241 e. The van der Waals surface area contributed by atoms with Crippen LogP contribution in [0, 0.1) is 61.6 Å². The molecule has 0 amide bonds. The summed E-state index contributed by atoms with van der Waals surface area (Å²) in [7, 11) is 1.96. The number of halogens is 4. The Balaban J connectivity index is 0.000000172. The standard InChI is InChI=1S/C35H27F4N.C31H22N3O.Ir/c1-20(2)29-14-23(22-8-6-5-7-9-22)15-30(21(3)4)35(29)24-16-33(27-12-10-25(36)18-31(27)38)40-34(17-24)28-13-11-26(37)19-32(28)39;1-19-12-29(32-17-20(19)2)28-15-23(34-11-10-33(3)18-34)14-27-26-16-25-22(13-30(26)35-31(27)28)9-8-21-6-4-5-7-24(21)25;/h5-11,14-21H,1-4H3;4-14,16-17H,1-3H3;/q-2;-1;. The molecular formula is C66H49F4IrN4O-3. The van der Waals surface area contributed by atoms with Crippen LogP contribution in [0.25, 0.3) is 105 Å². The number of nitrogens with zero attached hydrogens (tertiary/aromatic N) is 4. The number of hydrogen-bond acceptors (Lipinski definition) is 3. The van der Waals surface area contributed by atoms with E-state index in [2.05, 4.69) is 156 Å². The largest absolute Gasteiger partial charge is 0.501 e. The number of benzene rings is 8. The maximum atomic E-state index is 14.9. The van der Waals surface area contributed by atoms with Crippen molar-refractivity contribution < 1.29 is 46.7 Å². The maximum absolute atomic E-state index is 14.9. The molecule has 0 unspecified atom stereocenters. The first kappa shape index (κ1) is 51.4. The van der Waals surface area contributed by atoms with Crippen molar-refractivity contribution in [3.8, 4) is 61.7 Å². The van der Waals surface area contributed by atoms with Crippen LogP contribution in [-0.4, -0.2) is 14.5 Å². The molecule has 0 saturated heterocycles. The van der Waals surface area contributed by atoms with Crippen molar-refractivity contribution in [3.05, 3.63) is 228 Å². The van der Waals surface area contributed by atoms with Crippen molar-refractivity contribution in [2.45, 2.75) is 53.4 Å². The number of fused-ring (bicyclic) bond motifs is 6. The number of aromatic nitrogens is 4. The minimum absolute atomic E-state index is 0. The first-order valence-corrected chi connectivity index (χ1v) is 24.8. The molecule has 0 aliphatic carbocycles. The van der Waals surface area contributed by atoms with Gasteiger partial charge in [-0.3, -0.25) is 17.6 Å². The minimum Gasteiger partial charge on any atom is -0.501 e. The van der Waals surface area contributed by atoms with Crippen molar-refractivity contribution in [2.24, 2.45) is 7.05 Å². The summed E-state index contributed by atoms with van der Waals surface area (Å²) in [4.78, 5) is 9.26. The Bertz CT molecular complexity index is 4080. The molecule has 4 aromatic heterocycles. The molecule has 0 aliphatic rings. The Kier molecular flexibility index (Phi) is 14.2. The van der Waals surface area contributed by atoms with Gasteiger partial charge < -0.3 is 23.5 Å². The fourth-order valence-corrected chi connectivity index (χ4v) is 9.85. The number of pyridine rings is 2. The van der Waals surface area contributed by atoms with Crippen LogP contribution >= 0.6 is 0 Å². The van der Waals surface area contributed by atoms with Gasteiger partial charge in [0.15, 0.2) is 0 Å². The molecule has 0 atom stereocenters. The van der Waals surface area contributed by atoms with E-state index >= 15 is 0 Å². The van der Waals surface area contributed by atoms with Gasteiger partial charge in [0.05, 0.1) is 12.6 Å². The van der Waals surface area contributed by atoms with Gasteiger partial charge in [-0.25, -0.2) is 0 Å². The topological polar surface area (TPSA) is 47.7 Å². The number of rotatable bonds is 8. The molecule has 0 aliphatic heterocycles. The van der Waals surface area contributed by atoms with Gasteiger partial charge in [-0.2, -0.15) is 0 Å². The molecule has 10 heteroatoms. The Morgan fingerprint density at radius 3 is 1.82 bits per heavy atom. The molecule has 1 radical (unpaired) electrons. The van der Waals surface area contributed by atoms with E-state index in [1.165, 1.54) is 21.7 Å². The number of aryl methyl sites for hydroxylation is 3. The summed E-state index contributed by atoms with van der Waals surface area (Å²) < 4.78 is 67.7. The first-order chi connectivity index (χ1) is 36.2. The molecule has 0 bridgehead atoms. The molecule has 379 valence electrons. The molecule has 76 heavy (non-hydrogen) atoms. The average molecular weight is 1180 g/mol. The van der Waals surface area contributed by atoms with Gasteiger partial charge in [0.25, 0.3) is 0 Å². The second-order valence-electron chi connectivity index (χ2n) is 19.7. The molecule has 8 aromatic carbocycles. The summed E-state index contributed by atoms with van der Waals surface area (Å²) >= 11 is 0. The van der Waals surface area contributed by atoms with Crippen LogP contribution in [-0.2, 0) is 27.2 Å². The maximum Gasteiger partial charge on any atom is 0.241 e. The van der Waals surface area contributed by atoms with Crippen LogP contribution in [0.3, 0.4) is 0 Å². The van der Waals surface area contributed by atoms with Crippen LogP contribution in [0.5, 0.6) is 0 Å². The minimum atomic E-state index is -0.841. The van der Waals surface area contributed by atoms with Gasteiger partial charge in [0.2, 0.25) is 6.33 Å². The molecule has 0 fully saturated rings. The Morgan fingerprint density at radius 2 is 1.21 bits per heavy atom. The monoisotopic (exact) mass is 1180 g/mol. The van der Waals surface area contributed by atoms with E-state index in [1.807, 2.05) is 53.0 Å². The van der Waals surface area contributed by atoms with Gasteiger partial charge in [0, 0.05) is 67.4 Å². The Morgan fingerprint density at radius 1 is 0.579 bits per heavy atom. The van der Waals surface area contributed by atoms with Gasteiger partial charge in [-0.05, 0) is 121 Å². The van der Waals surface area contributed by atoms with Crippen molar-refractivity contribution in [2.75, 3.05) is 0 Å². The van der Waals surface area contributed by atoms with E-state index < -0.39 is 23.3 Å². The molecular weight excluding hydrogens is 1130 g/mol. The van der Waals surface area contributed by atoms with Crippen LogP contribution < -0.4 is 4.57 Å². The molecule has 12 rings (SSSR count). The summed E-state index contributed by atoms with van der Waals surface area (Å²) in [6.45, 7) is 12.6. The normalized spacial score (nSPS) is 11.5. The molecule has 4 heterocycles. The molecule has 0 N–H and O–H groups in total. The third-order valence-corrected chi connectivity index (χ3v) is 13.8. The van der Waals surface area contributed by atoms with Crippen LogP contribution in [0.15, 0.2) is 163 Å². The predicted octanol–water partition coefficient (Wildman–Crippen LogP) is 16.9. The number of hydrogen-bond donors (Lipinski definition) is 0. The predicted molar refractivity (Wildman–Crippen MR) is 291 cm³/mol. The Hall–Kier alpha value is -8.04. The van der Waals surface area contributed by atoms with E-state index in [-0.39, 0.29) is 54.5 Å². The van der Waals surface area contributed by atoms with E-state index in [0.717, 1.165) is 102 Å². The van der Waals surface area contributed by atoms with E-state index in [1.54, 1.807) is 12.1 Å². The van der Waals surface area contributed by atoms with Crippen molar-refractivity contribution in [3.63, 3.8) is 0 Å². The zero-order chi connectivity index (χ0) is 52.2. The summed E-state index contributed by atoms with van der Waals surface area (Å²) in [5.74, 6) is -3.00. The van der Waals surface area contributed by atoms with Crippen molar-refractivity contribution in [1.29, 1.82) is 0 Å². The fourth-order valence-electron chi connectivity index (χ4n) is 9.85. The summed E-state index contributed by atoms with van der Waals surface area (Å²) in [5.41, 5.74) is 12.7. The molecule has 0 spiro atoms. The Labute approximate surface area is 452 Å². The second kappa shape index (κ2) is 20.9. The van der Waals surface area contributed by atoms with E-state index in [9.17, 15) is 17.6 Å². The van der Waals surface area contributed by atoms with Gasteiger partial charge >= 0.3 is 0 Å². The summed E-state index contributed by atoms with van der Waals surface area (Å²) in [6, 6.07) is 51.8. The third kappa shape index (κ3) is 9.87. The number of imidazole rings is 1. The van der Waals surface area contributed by atoms with Gasteiger partial charge in [0.1, 0.15) is 5.58 Å². The van der Waals surface area contributed by atoms with E-state index in [4.69, 9.17) is 9.40 Å². The van der Waals surface area contributed by atoms with Gasteiger partial charge in [-0.1, -0.05) is 165 Å². The quantitative estimate of drug-likeness (QED) is 0.0659. The average Bonchev–Trinajstić information content (AvgIpc) is 4.01. The first-order valence-electron chi connectivity index (χ1n) is 24.8. The number of furan rings is 1. The molecule has 0 saturated carbocycles. The van der Waals surface area contributed by atoms with Gasteiger partial charge in [-0.15, -0.1) is 36.4 Å². The van der Waals surface area contributed by atoms with Crippen molar-refractivity contribution >= 4 is 43.5 Å². The zero-order valence-corrected chi connectivity index (χ0v) is 45.1. The summed E-state index contributed by atoms with van der Waals surface area (Å²) in [6.07, 6.45) is 9.18.